The summed E-state index contributed by atoms with van der Waals surface area (Å²) in [4.78, 5) is 32.1. The van der Waals surface area contributed by atoms with Crippen molar-refractivity contribution in [2.45, 2.75) is 53.0 Å². The summed E-state index contributed by atoms with van der Waals surface area (Å²) in [6.07, 6.45) is 2.58. The zero-order valence-corrected chi connectivity index (χ0v) is 22.6. The predicted molar refractivity (Wildman–Crippen MR) is 140 cm³/mol. The number of ether oxygens (including phenoxy) is 3. The van der Waals surface area contributed by atoms with Crippen molar-refractivity contribution in [1.29, 1.82) is 0 Å². The summed E-state index contributed by atoms with van der Waals surface area (Å²) in [6.45, 7) is 8.89. The van der Waals surface area contributed by atoms with Crippen molar-refractivity contribution < 1.29 is 23.8 Å². The van der Waals surface area contributed by atoms with Gasteiger partial charge in [0.15, 0.2) is 11.5 Å². The molecule has 1 heterocycles. The van der Waals surface area contributed by atoms with Crippen molar-refractivity contribution in [1.82, 2.24) is 9.80 Å². The highest BCUT2D eigenvalue weighted by molar-refractivity contribution is 7.11. The first kappa shape index (κ1) is 28.7. The Morgan fingerprint density at radius 1 is 0.943 bits per heavy atom. The Balaban J connectivity index is 2.14. The summed E-state index contributed by atoms with van der Waals surface area (Å²) in [5.41, 5.74) is 1.05. The van der Waals surface area contributed by atoms with E-state index < -0.39 is 0 Å². The van der Waals surface area contributed by atoms with E-state index in [1.54, 1.807) is 30.5 Å². The molecule has 0 fully saturated rings. The van der Waals surface area contributed by atoms with E-state index in [9.17, 15) is 9.59 Å². The molecule has 0 N–H and O–H groups in total. The average Bonchev–Trinajstić information content (AvgIpc) is 3.27. The van der Waals surface area contributed by atoms with Crippen molar-refractivity contribution in [3.05, 3.63) is 45.6 Å². The van der Waals surface area contributed by atoms with Gasteiger partial charge in [0.2, 0.25) is 11.8 Å². The van der Waals surface area contributed by atoms with Crippen LogP contribution in [0.15, 0.2) is 30.3 Å². The van der Waals surface area contributed by atoms with Crippen LogP contribution < -0.4 is 9.47 Å². The summed E-state index contributed by atoms with van der Waals surface area (Å²) in [5.74, 6) is 1.32. The molecule has 2 rings (SSSR count). The van der Waals surface area contributed by atoms with Crippen LogP contribution in [0.5, 0.6) is 11.5 Å². The van der Waals surface area contributed by atoms with Crippen molar-refractivity contribution in [2.75, 3.05) is 47.1 Å². The highest BCUT2D eigenvalue weighted by atomic mass is 32.1. The molecule has 0 spiro atoms. The van der Waals surface area contributed by atoms with Gasteiger partial charge < -0.3 is 24.0 Å². The molecule has 8 heteroatoms. The summed E-state index contributed by atoms with van der Waals surface area (Å²) >= 11 is 1.69. The third-order valence-electron chi connectivity index (χ3n) is 5.68. The number of nitrogens with zero attached hydrogens (tertiary/aromatic N) is 2. The Labute approximate surface area is 214 Å². The molecule has 0 aliphatic heterocycles. The fourth-order valence-corrected chi connectivity index (χ4v) is 4.69. The second kappa shape index (κ2) is 15.4. The second-order valence-corrected chi connectivity index (χ2v) is 9.76. The first-order chi connectivity index (χ1) is 16.9. The number of hydrogen-bond acceptors (Lipinski definition) is 6. The minimum atomic E-state index is -0.0441. The minimum absolute atomic E-state index is 0.0177. The molecule has 0 atom stereocenters. The van der Waals surface area contributed by atoms with Gasteiger partial charge in [-0.3, -0.25) is 9.59 Å². The molecule has 0 saturated carbocycles. The van der Waals surface area contributed by atoms with Crippen LogP contribution in [0.4, 0.5) is 0 Å². The van der Waals surface area contributed by atoms with Crippen molar-refractivity contribution in [3.63, 3.8) is 0 Å². The van der Waals surface area contributed by atoms with Crippen LogP contribution >= 0.6 is 11.3 Å². The molecule has 35 heavy (non-hydrogen) atoms. The first-order valence-electron chi connectivity index (χ1n) is 12.3. The smallest absolute Gasteiger partial charge is 0.242 e. The number of methoxy groups -OCH3 is 2. The highest BCUT2D eigenvalue weighted by Gasteiger charge is 2.21. The lowest BCUT2D eigenvalue weighted by Crippen LogP contribution is -2.43. The monoisotopic (exact) mass is 504 g/mol. The molecule has 0 bridgehead atoms. The zero-order chi connectivity index (χ0) is 25.6. The molecule has 1 aromatic carbocycles. The number of benzene rings is 1. The van der Waals surface area contributed by atoms with E-state index in [-0.39, 0.29) is 18.4 Å². The normalized spacial score (nSPS) is 10.8. The van der Waals surface area contributed by atoms with E-state index in [1.807, 2.05) is 36.9 Å². The van der Waals surface area contributed by atoms with Gasteiger partial charge in [-0.05, 0) is 62.9 Å². The number of rotatable bonds is 16. The third kappa shape index (κ3) is 9.53. The number of thiophene rings is 1. The van der Waals surface area contributed by atoms with Gasteiger partial charge in [-0.25, -0.2) is 0 Å². The van der Waals surface area contributed by atoms with Gasteiger partial charge in [-0.1, -0.05) is 13.0 Å². The largest absolute Gasteiger partial charge is 0.493 e. The van der Waals surface area contributed by atoms with Crippen LogP contribution in [0, 0.1) is 6.92 Å². The molecule has 0 aliphatic carbocycles. The second-order valence-electron chi connectivity index (χ2n) is 8.38. The fraction of sp³-hybridized carbons (Fsp3) is 0.556. The maximum absolute atomic E-state index is 13.5. The summed E-state index contributed by atoms with van der Waals surface area (Å²) in [5, 5.41) is 0. The summed E-state index contributed by atoms with van der Waals surface area (Å²) < 4.78 is 16.2. The van der Waals surface area contributed by atoms with Crippen molar-refractivity contribution in [3.8, 4) is 11.5 Å². The van der Waals surface area contributed by atoms with Crippen LogP contribution in [0.2, 0.25) is 0 Å². The topological polar surface area (TPSA) is 68.3 Å². The van der Waals surface area contributed by atoms with Crippen molar-refractivity contribution in [2.24, 2.45) is 0 Å². The van der Waals surface area contributed by atoms with Crippen LogP contribution in [0.1, 0.15) is 48.4 Å². The Morgan fingerprint density at radius 2 is 1.71 bits per heavy atom. The SMILES string of the molecule is CCCC(=O)N(CCCOCC)CC(=O)N(CCc1ccc(OC)c(OC)c1)Cc1ccc(C)s1. The lowest BCUT2D eigenvalue weighted by Gasteiger charge is -2.28. The summed E-state index contributed by atoms with van der Waals surface area (Å²) in [6, 6.07) is 9.96. The van der Waals surface area contributed by atoms with Gasteiger partial charge in [-0.2, -0.15) is 0 Å². The molecule has 2 amide bonds. The molecular formula is C27H40N2O5S. The zero-order valence-electron chi connectivity index (χ0n) is 21.8. The molecule has 1 aromatic heterocycles. The Bertz CT molecular complexity index is 930. The molecular weight excluding hydrogens is 464 g/mol. The third-order valence-corrected chi connectivity index (χ3v) is 6.66. The van der Waals surface area contributed by atoms with Gasteiger partial charge in [0.25, 0.3) is 0 Å². The predicted octanol–water partition coefficient (Wildman–Crippen LogP) is 4.70. The van der Waals surface area contributed by atoms with E-state index in [0.29, 0.717) is 63.6 Å². The van der Waals surface area contributed by atoms with Gasteiger partial charge in [0.05, 0.1) is 27.3 Å². The van der Waals surface area contributed by atoms with E-state index in [2.05, 4.69) is 19.1 Å². The molecule has 0 radical (unpaired) electrons. The van der Waals surface area contributed by atoms with E-state index >= 15 is 0 Å². The number of aryl methyl sites for hydroxylation is 1. The van der Waals surface area contributed by atoms with Gasteiger partial charge >= 0.3 is 0 Å². The number of hydrogen-bond donors (Lipinski definition) is 0. The number of amides is 2. The van der Waals surface area contributed by atoms with Crippen molar-refractivity contribution >= 4 is 23.2 Å². The van der Waals surface area contributed by atoms with Crippen LogP contribution in [-0.2, 0) is 27.3 Å². The molecule has 0 saturated heterocycles. The van der Waals surface area contributed by atoms with Gasteiger partial charge in [-0.15, -0.1) is 11.3 Å². The quantitative estimate of drug-likeness (QED) is 0.310. The van der Waals surface area contributed by atoms with E-state index in [1.165, 1.54) is 4.88 Å². The lowest BCUT2D eigenvalue weighted by molar-refractivity contribution is -0.141. The summed E-state index contributed by atoms with van der Waals surface area (Å²) in [7, 11) is 3.23. The number of carbonyl (C=O) groups excluding carboxylic acids is 2. The van der Waals surface area contributed by atoms with Crippen LogP contribution in [0.25, 0.3) is 0 Å². The van der Waals surface area contributed by atoms with Crippen LogP contribution in [-0.4, -0.2) is 68.7 Å². The maximum Gasteiger partial charge on any atom is 0.242 e. The Hall–Kier alpha value is -2.58. The van der Waals surface area contributed by atoms with Gasteiger partial charge in [0.1, 0.15) is 0 Å². The molecule has 2 aromatic rings. The lowest BCUT2D eigenvalue weighted by atomic mass is 10.1. The molecule has 0 unspecified atom stereocenters. The number of carbonyl (C=O) groups is 2. The standard InChI is InChI=1S/C27H40N2O5S/c1-6-9-26(30)28(15-8-17-34-7-2)20-27(31)29(19-23-12-10-21(3)35-23)16-14-22-11-13-24(32-4)25(18-22)33-5/h10-13,18H,6-9,14-17,19-20H2,1-5H3. The first-order valence-corrected chi connectivity index (χ1v) is 13.1. The van der Waals surface area contributed by atoms with E-state index in [4.69, 9.17) is 14.2 Å². The minimum Gasteiger partial charge on any atom is -0.493 e. The van der Waals surface area contributed by atoms with Crippen LogP contribution in [0.3, 0.4) is 0 Å². The molecule has 7 nitrogen and oxygen atoms in total. The molecule has 194 valence electrons. The fourth-order valence-electron chi connectivity index (χ4n) is 3.78. The van der Waals surface area contributed by atoms with Gasteiger partial charge in [0, 0.05) is 42.5 Å². The average molecular weight is 505 g/mol. The van der Waals surface area contributed by atoms with E-state index in [0.717, 1.165) is 16.9 Å². The highest BCUT2D eigenvalue weighted by Crippen LogP contribution is 2.28. The Kier molecular flexibility index (Phi) is 12.6. The Morgan fingerprint density at radius 3 is 2.34 bits per heavy atom. The molecule has 0 aliphatic rings. The maximum atomic E-state index is 13.5.